The number of hydrogen-bond donors (Lipinski definition) is 1. The summed E-state index contributed by atoms with van der Waals surface area (Å²) in [4.78, 5) is 12.9. The van der Waals surface area contributed by atoms with E-state index < -0.39 is 0 Å². The van der Waals surface area contributed by atoms with Gasteiger partial charge in [-0.2, -0.15) is 0 Å². The topological polar surface area (TPSA) is 56.8 Å². The van der Waals surface area contributed by atoms with E-state index >= 15 is 0 Å². The van der Waals surface area contributed by atoms with Crippen molar-refractivity contribution in [1.29, 1.82) is 0 Å². The Bertz CT molecular complexity index is 908. The minimum absolute atomic E-state index is 0.301. The summed E-state index contributed by atoms with van der Waals surface area (Å²) in [5, 5.41) is 2.89. The number of ether oxygens (including phenoxy) is 3. The molecule has 5 nitrogen and oxygen atoms in total. The maximum atomic E-state index is 12.9. The maximum Gasteiger partial charge on any atom is 0.263 e. The van der Waals surface area contributed by atoms with Crippen molar-refractivity contribution in [1.82, 2.24) is 0 Å². The zero-order valence-electron chi connectivity index (χ0n) is 16.0. The van der Waals surface area contributed by atoms with Crippen LogP contribution >= 0.6 is 0 Å². The van der Waals surface area contributed by atoms with Crippen LogP contribution in [0, 0.1) is 0 Å². The van der Waals surface area contributed by atoms with Crippen LogP contribution in [-0.4, -0.2) is 19.6 Å². The first-order valence-corrected chi connectivity index (χ1v) is 9.09. The van der Waals surface area contributed by atoms with E-state index in [1.165, 1.54) is 7.11 Å². The predicted molar refractivity (Wildman–Crippen MR) is 109 cm³/mol. The van der Waals surface area contributed by atoms with E-state index in [1.807, 2.05) is 49.4 Å². The monoisotopic (exact) mass is 377 g/mol. The molecule has 0 bridgehead atoms. The summed E-state index contributed by atoms with van der Waals surface area (Å²) >= 11 is 0. The summed E-state index contributed by atoms with van der Waals surface area (Å²) in [5.74, 6) is 1.37. The van der Waals surface area contributed by atoms with E-state index in [2.05, 4.69) is 5.32 Å². The molecule has 0 aliphatic carbocycles. The first kappa shape index (κ1) is 19.3. The molecule has 5 heteroatoms. The number of methoxy groups -OCH3 is 1. The second kappa shape index (κ2) is 9.46. The fourth-order valence-electron chi connectivity index (χ4n) is 2.76. The molecule has 1 N–H and O–H groups in total. The third kappa shape index (κ3) is 4.82. The molecule has 0 unspecified atom stereocenters. The number of anilines is 1. The predicted octanol–water partition coefficient (Wildman–Crippen LogP) is 4.93. The van der Waals surface area contributed by atoms with Gasteiger partial charge in [-0.3, -0.25) is 4.79 Å². The van der Waals surface area contributed by atoms with Gasteiger partial charge < -0.3 is 19.5 Å². The second-order valence-electron chi connectivity index (χ2n) is 6.02. The van der Waals surface area contributed by atoms with Gasteiger partial charge in [-0.05, 0) is 48.9 Å². The molecule has 0 fully saturated rings. The molecule has 144 valence electrons. The van der Waals surface area contributed by atoms with Crippen molar-refractivity contribution in [2.45, 2.75) is 13.5 Å². The summed E-state index contributed by atoms with van der Waals surface area (Å²) in [6.45, 7) is 2.88. The molecule has 0 saturated carbocycles. The van der Waals surface area contributed by atoms with Crippen molar-refractivity contribution in [3.05, 3.63) is 83.9 Å². The molecule has 0 aliphatic heterocycles. The third-order valence-corrected chi connectivity index (χ3v) is 4.10. The van der Waals surface area contributed by atoms with E-state index in [4.69, 9.17) is 14.2 Å². The number of carbonyl (C=O) groups is 1. The van der Waals surface area contributed by atoms with Gasteiger partial charge in [-0.1, -0.05) is 36.4 Å². The Morgan fingerprint density at radius 1 is 0.857 bits per heavy atom. The number of amides is 1. The summed E-state index contributed by atoms with van der Waals surface area (Å²) < 4.78 is 16.7. The van der Waals surface area contributed by atoms with Crippen molar-refractivity contribution in [2.75, 3.05) is 19.0 Å². The van der Waals surface area contributed by atoms with Crippen LogP contribution in [0.2, 0.25) is 0 Å². The Morgan fingerprint density at radius 3 is 2.25 bits per heavy atom. The van der Waals surface area contributed by atoms with Gasteiger partial charge in [-0.25, -0.2) is 0 Å². The van der Waals surface area contributed by atoms with Gasteiger partial charge in [0.05, 0.1) is 13.7 Å². The van der Waals surface area contributed by atoms with Gasteiger partial charge in [0.15, 0.2) is 0 Å². The number of benzene rings is 3. The minimum Gasteiger partial charge on any atom is -0.496 e. The zero-order chi connectivity index (χ0) is 19.8. The van der Waals surface area contributed by atoms with Crippen LogP contribution in [0.1, 0.15) is 22.8 Å². The van der Waals surface area contributed by atoms with Gasteiger partial charge in [0.2, 0.25) is 0 Å². The normalized spacial score (nSPS) is 10.2. The van der Waals surface area contributed by atoms with Crippen LogP contribution in [-0.2, 0) is 6.61 Å². The average molecular weight is 377 g/mol. The quantitative estimate of drug-likeness (QED) is 0.605. The number of carbonyl (C=O) groups excluding carboxylic acids is 1. The summed E-state index contributed by atoms with van der Waals surface area (Å²) in [6, 6.07) is 22.3. The fraction of sp³-hybridized carbons (Fsp3) is 0.174. The van der Waals surface area contributed by atoms with Crippen molar-refractivity contribution < 1.29 is 19.0 Å². The fourth-order valence-corrected chi connectivity index (χ4v) is 2.76. The third-order valence-electron chi connectivity index (χ3n) is 4.10. The van der Waals surface area contributed by atoms with E-state index in [0.717, 1.165) is 11.3 Å². The van der Waals surface area contributed by atoms with Gasteiger partial charge >= 0.3 is 0 Å². The highest BCUT2D eigenvalue weighted by molar-refractivity contribution is 6.08. The molecular weight excluding hydrogens is 354 g/mol. The smallest absolute Gasteiger partial charge is 0.263 e. The highest BCUT2D eigenvalue weighted by Gasteiger charge is 2.19. The molecule has 3 rings (SSSR count). The zero-order valence-corrected chi connectivity index (χ0v) is 16.0. The summed E-state index contributed by atoms with van der Waals surface area (Å²) in [5.41, 5.74) is 2.03. The Morgan fingerprint density at radius 2 is 1.57 bits per heavy atom. The molecule has 0 radical (unpaired) electrons. The van der Waals surface area contributed by atoms with Crippen LogP contribution < -0.4 is 19.5 Å². The van der Waals surface area contributed by atoms with Gasteiger partial charge in [-0.15, -0.1) is 0 Å². The largest absolute Gasteiger partial charge is 0.496 e. The number of nitrogens with one attached hydrogen (secondary N) is 1. The molecule has 3 aromatic rings. The average Bonchev–Trinajstić information content (AvgIpc) is 2.74. The lowest BCUT2D eigenvalue weighted by Gasteiger charge is -2.15. The molecule has 0 aliphatic rings. The van der Waals surface area contributed by atoms with Crippen LogP contribution in [0.5, 0.6) is 17.2 Å². The SMILES string of the molecule is CCOc1ccc(NC(=O)c2c(OC)cccc2OCc2ccccc2)cc1. The summed E-state index contributed by atoms with van der Waals surface area (Å²) in [7, 11) is 1.53. The van der Waals surface area contributed by atoms with Crippen molar-refractivity contribution in [2.24, 2.45) is 0 Å². The first-order chi connectivity index (χ1) is 13.7. The molecule has 0 heterocycles. The molecule has 0 atom stereocenters. The molecule has 0 aromatic heterocycles. The molecular formula is C23H23NO4. The Hall–Kier alpha value is -3.47. The standard InChI is InChI=1S/C23H23NO4/c1-3-27-19-14-12-18(13-15-19)24-23(25)22-20(26-2)10-7-11-21(22)28-16-17-8-5-4-6-9-17/h4-15H,3,16H2,1-2H3,(H,24,25). The van der Waals surface area contributed by atoms with Gasteiger partial charge in [0, 0.05) is 5.69 Å². The molecule has 0 spiro atoms. The lowest BCUT2D eigenvalue weighted by atomic mass is 10.1. The molecule has 1 amide bonds. The van der Waals surface area contributed by atoms with Crippen molar-refractivity contribution in [3.63, 3.8) is 0 Å². The second-order valence-corrected chi connectivity index (χ2v) is 6.02. The Labute approximate surface area is 164 Å². The van der Waals surface area contributed by atoms with Crippen LogP contribution in [0.3, 0.4) is 0 Å². The van der Waals surface area contributed by atoms with Crippen LogP contribution in [0.15, 0.2) is 72.8 Å². The maximum absolute atomic E-state index is 12.9. The molecule has 28 heavy (non-hydrogen) atoms. The van der Waals surface area contributed by atoms with E-state index in [9.17, 15) is 4.79 Å². The molecule has 3 aromatic carbocycles. The van der Waals surface area contributed by atoms with E-state index in [1.54, 1.807) is 30.3 Å². The van der Waals surface area contributed by atoms with Crippen LogP contribution in [0.4, 0.5) is 5.69 Å². The van der Waals surface area contributed by atoms with Crippen molar-refractivity contribution in [3.8, 4) is 17.2 Å². The first-order valence-electron chi connectivity index (χ1n) is 9.09. The number of hydrogen-bond acceptors (Lipinski definition) is 4. The van der Waals surface area contributed by atoms with Gasteiger partial charge in [0.25, 0.3) is 5.91 Å². The number of rotatable bonds is 8. The van der Waals surface area contributed by atoms with E-state index in [-0.39, 0.29) is 5.91 Å². The van der Waals surface area contributed by atoms with Crippen molar-refractivity contribution >= 4 is 11.6 Å². The highest BCUT2D eigenvalue weighted by atomic mass is 16.5. The Kier molecular flexibility index (Phi) is 6.52. The molecule has 0 saturated heterocycles. The summed E-state index contributed by atoms with van der Waals surface area (Å²) in [6.07, 6.45) is 0. The van der Waals surface area contributed by atoms with Crippen LogP contribution in [0.25, 0.3) is 0 Å². The highest BCUT2D eigenvalue weighted by Crippen LogP contribution is 2.30. The minimum atomic E-state index is -0.301. The van der Waals surface area contributed by atoms with Gasteiger partial charge in [0.1, 0.15) is 29.4 Å². The lowest BCUT2D eigenvalue weighted by molar-refractivity contribution is 0.101. The van der Waals surface area contributed by atoms with E-state index in [0.29, 0.717) is 36.0 Å². The Balaban J connectivity index is 1.79. The lowest BCUT2D eigenvalue weighted by Crippen LogP contribution is -2.15.